The molecule has 1 nitrogen and oxygen atoms in total. The lowest BCUT2D eigenvalue weighted by Crippen LogP contribution is -2.30. The summed E-state index contributed by atoms with van der Waals surface area (Å²) in [5, 5.41) is 11.1. The Hall–Kier alpha value is -1.51. The first-order valence-electron chi connectivity index (χ1n) is 5.96. The van der Waals surface area contributed by atoms with Crippen molar-refractivity contribution in [3.63, 3.8) is 0 Å². The number of aliphatic hydroxyl groups is 1. The second kappa shape index (κ2) is 4.30. The highest BCUT2D eigenvalue weighted by atomic mass is 32.2. The third-order valence-corrected chi connectivity index (χ3v) is 4.48. The van der Waals surface area contributed by atoms with Gasteiger partial charge < -0.3 is 5.11 Å². The van der Waals surface area contributed by atoms with Crippen molar-refractivity contribution < 1.29 is 5.11 Å². The molecule has 0 fully saturated rings. The van der Waals surface area contributed by atoms with E-state index in [1.807, 2.05) is 36.4 Å². The van der Waals surface area contributed by atoms with Crippen molar-refractivity contribution in [1.29, 1.82) is 0 Å². The van der Waals surface area contributed by atoms with Crippen LogP contribution in [0.1, 0.15) is 17.5 Å². The minimum atomic E-state index is -0.944. The number of rotatable bonds is 2. The third-order valence-electron chi connectivity index (χ3n) is 3.32. The topological polar surface area (TPSA) is 20.2 Å². The zero-order chi connectivity index (χ0) is 12.6. The Morgan fingerprint density at radius 3 is 2.00 bits per heavy atom. The van der Waals surface area contributed by atoms with Crippen molar-refractivity contribution in [3.05, 3.63) is 72.3 Å². The Morgan fingerprint density at radius 1 is 1.00 bits per heavy atom. The van der Waals surface area contributed by atoms with E-state index in [2.05, 4.69) is 18.7 Å². The summed E-state index contributed by atoms with van der Waals surface area (Å²) >= 11 is 1.72. The SMILES string of the molecule is C=CCC1(O)c2ccccc2Sc2ccccc21. The summed E-state index contributed by atoms with van der Waals surface area (Å²) in [4.78, 5) is 2.25. The van der Waals surface area contributed by atoms with Gasteiger partial charge in [0.25, 0.3) is 0 Å². The van der Waals surface area contributed by atoms with Crippen molar-refractivity contribution in [1.82, 2.24) is 0 Å². The van der Waals surface area contributed by atoms with E-state index in [4.69, 9.17) is 0 Å². The number of hydrogen-bond donors (Lipinski definition) is 1. The average molecular weight is 254 g/mol. The monoisotopic (exact) mass is 254 g/mol. The first-order chi connectivity index (χ1) is 8.75. The summed E-state index contributed by atoms with van der Waals surface area (Å²) in [6, 6.07) is 16.1. The number of benzene rings is 2. The predicted molar refractivity (Wildman–Crippen MR) is 74.8 cm³/mol. The van der Waals surface area contributed by atoms with E-state index in [0.29, 0.717) is 6.42 Å². The van der Waals surface area contributed by atoms with Crippen molar-refractivity contribution in [2.24, 2.45) is 0 Å². The summed E-state index contributed by atoms with van der Waals surface area (Å²) in [6.07, 6.45) is 2.31. The maximum Gasteiger partial charge on any atom is 0.120 e. The van der Waals surface area contributed by atoms with Gasteiger partial charge in [-0.25, -0.2) is 0 Å². The van der Waals surface area contributed by atoms with Crippen LogP contribution >= 0.6 is 11.8 Å². The van der Waals surface area contributed by atoms with E-state index in [-0.39, 0.29) is 0 Å². The predicted octanol–water partition coefficient (Wildman–Crippen LogP) is 3.96. The van der Waals surface area contributed by atoms with Gasteiger partial charge >= 0.3 is 0 Å². The number of fused-ring (bicyclic) bond motifs is 2. The van der Waals surface area contributed by atoms with Gasteiger partial charge in [-0.2, -0.15) is 0 Å². The van der Waals surface area contributed by atoms with Gasteiger partial charge in [0.2, 0.25) is 0 Å². The quantitative estimate of drug-likeness (QED) is 0.818. The van der Waals surface area contributed by atoms with E-state index in [9.17, 15) is 5.11 Å². The maximum atomic E-state index is 11.1. The molecule has 0 amide bonds. The van der Waals surface area contributed by atoms with E-state index < -0.39 is 5.60 Å². The minimum Gasteiger partial charge on any atom is -0.380 e. The lowest BCUT2D eigenvalue weighted by Gasteiger charge is -2.35. The lowest BCUT2D eigenvalue weighted by molar-refractivity contribution is 0.0774. The van der Waals surface area contributed by atoms with E-state index in [1.165, 1.54) is 0 Å². The van der Waals surface area contributed by atoms with E-state index >= 15 is 0 Å². The summed E-state index contributed by atoms with van der Waals surface area (Å²) in [5.74, 6) is 0. The molecule has 0 aliphatic carbocycles. The summed E-state index contributed by atoms with van der Waals surface area (Å²) < 4.78 is 0. The Morgan fingerprint density at radius 2 is 1.50 bits per heavy atom. The lowest BCUT2D eigenvalue weighted by atomic mass is 9.83. The van der Waals surface area contributed by atoms with Gasteiger partial charge in [0.1, 0.15) is 5.60 Å². The minimum absolute atomic E-state index is 0.529. The van der Waals surface area contributed by atoms with Gasteiger partial charge in [0.15, 0.2) is 0 Å². The second-order valence-corrected chi connectivity index (χ2v) is 5.53. The third kappa shape index (κ3) is 1.61. The van der Waals surface area contributed by atoms with Gasteiger partial charge in [-0.3, -0.25) is 0 Å². The van der Waals surface area contributed by atoms with Gasteiger partial charge in [0, 0.05) is 27.3 Å². The zero-order valence-corrected chi connectivity index (χ0v) is 10.8. The molecule has 0 radical (unpaired) electrons. The molecule has 0 spiro atoms. The van der Waals surface area contributed by atoms with Gasteiger partial charge in [0.05, 0.1) is 0 Å². The molecule has 3 rings (SSSR count). The van der Waals surface area contributed by atoms with Crippen LogP contribution in [0.25, 0.3) is 0 Å². The molecule has 0 saturated carbocycles. The van der Waals surface area contributed by atoms with Crippen LogP contribution in [0.3, 0.4) is 0 Å². The van der Waals surface area contributed by atoms with Crippen molar-refractivity contribution >= 4 is 11.8 Å². The molecule has 0 unspecified atom stereocenters. The average Bonchev–Trinajstić information content (AvgIpc) is 2.40. The van der Waals surface area contributed by atoms with Crippen LogP contribution in [0.15, 0.2) is 71.0 Å². The van der Waals surface area contributed by atoms with Crippen LogP contribution in [-0.4, -0.2) is 5.11 Å². The van der Waals surface area contributed by atoms with Crippen LogP contribution in [-0.2, 0) is 5.60 Å². The normalized spacial score (nSPS) is 15.6. The van der Waals surface area contributed by atoms with E-state index in [1.54, 1.807) is 17.8 Å². The first kappa shape index (κ1) is 11.6. The molecule has 0 saturated heterocycles. The Labute approximate surface area is 111 Å². The molecule has 18 heavy (non-hydrogen) atoms. The van der Waals surface area contributed by atoms with Crippen molar-refractivity contribution in [2.45, 2.75) is 21.8 Å². The van der Waals surface area contributed by atoms with Crippen LogP contribution in [0.5, 0.6) is 0 Å². The molecule has 2 aromatic carbocycles. The van der Waals surface area contributed by atoms with Crippen LogP contribution in [0, 0.1) is 0 Å². The fraction of sp³-hybridized carbons (Fsp3) is 0.125. The summed E-state index contributed by atoms with van der Waals surface area (Å²) in [7, 11) is 0. The molecular formula is C16H14OS. The molecule has 2 heteroatoms. The molecule has 1 aliphatic heterocycles. The largest absolute Gasteiger partial charge is 0.380 e. The van der Waals surface area contributed by atoms with Crippen LogP contribution < -0.4 is 0 Å². The zero-order valence-electron chi connectivity index (χ0n) is 9.97. The Kier molecular flexibility index (Phi) is 2.77. The van der Waals surface area contributed by atoms with Crippen LogP contribution in [0.2, 0.25) is 0 Å². The van der Waals surface area contributed by atoms with Gasteiger partial charge in [-0.15, -0.1) is 6.58 Å². The fourth-order valence-electron chi connectivity index (χ4n) is 2.49. The van der Waals surface area contributed by atoms with Crippen molar-refractivity contribution in [2.75, 3.05) is 0 Å². The van der Waals surface area contributed by atoms with Gasteiger partial charge in [-0.05, 0) is 12.1 Å². The second-order valence-electron chi connectivity index (χ2n) is 4.45. The standard InChI is InChI=1S/C16H14OS/c1-2-11-16(17)12-7-3-5-9-14(12)18-15-10-6-4-8-13(15)16/h2-10,17H,1,11H2. The highest BCUT2D eigenvalue weighted by Crippen LogP contribution is 2.49. The molecule has 90 valence electrons. The molecule has 0 atom stereocenters. The molecule has 0 aromatic heterocycles. The van der Waals surface area contributed by atoms with E-state index in [0.717, 1.165) is 20.9 Å². The Balaban J connectivity index is 2.27. The summed E-state index contributed by atoms with van der Waals surface area (Å²) in [5.41, 5.74) is 1.02. The molecular weight excluding hydrogens is 240 g/mol. The molecule has 2 aromatic rings. The Bertz CT molecular complexity index is 558. The number of hydrogen-bond acceptors (Lipinski definition) is 2. The summed E-state index contributed by atoms with van der Waals surface area (Å²) in [6.45, 7) is 3.78. The first-order valence-corrected chi connectivity index (χ1v) is 6.77. The fourth-order valence-corrected chi connectivity index (χ4v) is 3.71. The molecule has 1 N–H and O–H groups in total. The highest BCUT2D eigenvalue weighted by Gasteiger charge is 2.37. The van der Waals surface area contributed by atoms with Crippen molar-refractivity contribution in [3.8, 4) is 0 Å². The maximum absolute atomic E-state index is 11.1. The molecule has 1 aliphatic rings. The molecule has 0 bridgehead atoms. The van der Waals surface area contributed by atoms with Crippen LogP contribution in [0.4, 0.5) is 0 Å². The smallest absolute Gasteiger partial charge is 0.120 e. The molecule has 1 heterocycles. The van der Waals surface area contributed by atoms with Gasteiger partial charge in [-0.1, -0.05) is 54.2 Å². The highest BCUT2D eigenvalue weighted by molar-refractivity contribution is 7.99.